The number of thiazole rings is 1. The van der Waals surface area contributed by atoms with E-state index in [4.69, 9.17) is 31.7 Å². The average Bonchev–Trinajstić information content (AvgIpc) is 3.51. The summed E-state index contributed by atoms with van der Waals surface area (Å²) < 4.78 is 0. The summed E-state index contributed by atoms with van der Waals surface area (Å²) in [5.41, 5.74) is 5.65. The molecule has 0 bridgehead atoms. The maximum atomic E-state index is 6.15. The number of rotatable bonds is 3. The van der Waals surface area contributed by atoms with Gasteiger partial charge < -0.3 is 0 Å². The SMILES string of the molecule is Clc1ccc(C2=NN(c3nc4nc5ccccc5nc4s3)C(c3cccc4ccccc34)C2)cc1. The molecule has 1 aliphatic heterocycles. The Labute approximate surface area is 210 Å². The monoisotopic (exact) mass is 491 g/mol. The van der Waals surface area contributed by atoms with Gasteiger partial charge in [-0.1, -0.05) is 89.7 Å². The van der Waals surface area contributed by atoms with Crippen molar-refractivity contribution in [1.29, 1.82) is 0 Å². The summed E-state index contributed by atoms with van der Waals surface area (Å²) >= 11 is 7.68. The second kappa shape index (κ2) is 8.12. The van der Waals surface area contributed by atoms with Crippen molar-refractivity contribution >= 4 is 66.1 Å². The summed E-state index contributed by atoms with van der Waals surface area (Å²) in [4.78, 5) is 15.3. The van der Waals surface area contributed by atoms with Crippen molar-refractivity contribution in [2.75, 3.05) is 5.01 Å². The Morgan fingerprint density at radius 1 is 0.771 bits per heavy atom. The molecule has 35 heavy (non-hydrogen) atoms. The highest BCUT2D eigenvalue weighted by atomic mass is 35.5. The summed E-state index contributed by atoms with van der Waals surface area (Å²) in [5.74, 6) is 0. The molecule has 1 atom stereocenters. The summed E-state index contributed by atoms with van der Waals surface area (Å²) in [6.07, 6.45) is 0.758. The summed E-state index contributed by atoms with van der Waals surface area (Å²) in [5, 5.41) is 11.1. The molecule has 6 aromatic rings. The number of halogens is 1. The third-order valence-electron chi connectivity index (χ3n) is 6.38. The quantitative estimate of drug-likeness (QED) is 0.259. The molecule has 1 aliphatic rings. The fourth-order valence-corrected chi connectivity index (χ4v) is 5.72. The lowest BCUT2D eigenvalue weighted by atomic mass is 9.94. The van der Waals surface area contributed by atoms with Crippen LogP contribution in [0.3, 0.4) is 0 Å². The molecule has 0 N–H and O–H groups in total. The molecule has 4 aromatic carbocycles. The molecule has 2 aromatic heterocycles. The van der Waals surface area contributed by atoms with Crippen LogP contribution in [0.25, 0.3) is 32.3 Å². The number of nitrogens with zero attached hydrogens (tertiary/aromatic N) is 5. The van der Waals surface area contributed by atoms with Crippen LogP contribution in [0.15, 0.2) is 96.1 Å². The van der Waals surface area contributed by atoms with Gasteiger partial charge in [-0.2, -0.15) is 10.1 Å². The van der Waals surface area contributed by atoms with E-state index in [1.54, 1.807) is 0 Å². The fraction of sp³-hybridized carbons (Fsp3) is 0.0714. The molecular weight excluding hydrogens is 474 g/mol. The van der Waals surface area contributed by atoms with Gasteiger partial charge in [0.1, 0.15) is 0 Å². The zero-order chi connectivity index (χ0) is 23.4. The van der Waals surface area contributed by atoms with Crippen molar-refractivity contribution in [3.05, 3.63) is 107 Å². The van der Waals surface area contributed by atoms with Gasteiger partial charge >= 0.3 is 0 Å². The van der Waals surface area contributed by atoms with Crippen molar-refractivity contribution in [1.82, 2.24) is 15.0 Å². The Kier molecular flexibility index (Phi) is 4.75. The number of fused-ring (bicyclic) bond motifs is 3. The fourth-order valence-electron chi connectivity index (χ4n) is 4.70. The second-order valence-electron chi connectivity index (χ2n) is 8.52. The largest absolute Gasteiger partial charge is 0.232 e. The van der Waals surface area contributed by atoms with Crippen LogP contribution < -0.4 is 5.01 Å². The third-order valence-corrected chi connectivity index (χ3v) is 7.56. The first kappa shape index (κ1) is 20.5. The highest BCUT2D eigenvalue weighted by Gasteiger charge is 2.33. The molecule has 0 saturated carbocycles. The van der Waals surface area contributed by atoms with Crippen molar-refractivity contribution < 1.29 is 0 Å². The molecule has 0 saturated heterocycles. The molecule has 5 nitrogen and oxygen atoms in total. The maximum Gasteiger partial charge on any atom is 0.210 e. The molecule has 0 amide bonds. The molecule has 0 spiro atoms. The van der Waals surface area contributed by atoms with Gasteiger partial charge in [-0.3, -0.25) is 0 Å². The van der Waals surface area contributed by atoms with Crippen LogP contribution in [0.5, 0.6) is 0 Å². The molecular formula is C28H18ClN5S. The number of hydrogen-bond acceptors (Lipinski definition) is 6. The molecule has 7 heteroatoms. The van der Waals surface area contributed by atoms with Crippen LogP contribution >= 0.6 is 22.9 Å². The highest BCUT2D eigenvalue weighted by molar-refractivity contribution is 7.21. The minimum Gasteiger partial charge on any atom is -0.232 e. The van der Waals surface area contributed by atoms with Gasteiger partial charge in [0.2, 0.25) is 5.13 Å². The van der Waals surface area contributed by atoms with E-state index in [0.29, 0.717) is 10.7 Å². The lowest BCUT2D eigenvalue weighted by molar-refractivity contribution is 0.712. The van der Waals surface area contributed by atoms with Crippen LogP contribution in [-0.2, 0) is 0 Å². The topological polar surface area (TPSA) is 54.3 Å². The van der Waals surface area contributed by atoms with Gasteiger partial charge in [0.15, 0.2) is 10.5 Å². The standard InChI is InChI=1S/C28H18ClN5S/c29-19-14-12-18(13-15-19)24-16-25(21-9-5-7-17-6-1-2-8-20(17)21)34(33-24)28-32-26-27(35-28)31-23-11-4-3-10-22(23)30-26/h1-15,25H,16H2. The predicted molar refractivity (Wildman–Crippen MR) is 144 cm³/mol. The van der Waals surface area contributed by atoms with Crippen LogP contribution in [0.1, 0.15) is 23.6 Å². The molecule has 3 heterocycles. The number of benzene rings is 4. The van der Waals surface area contributed by atoms with Gasteiger partial charge in [-0.25, -0.2) is 15.0 Å². The normalized spacial score (nSPS) is 15.9. The number of hydrogen-bond donors (Lipinski definition) is 0. The summed E-state index contributed by atoms with van der Waals surface area (Å²) in [7, 11) is 0. The summed E-state index contributed by atoms with van der Waals surface area (Å²) in [6.45, 7) is 0. The zero-order valence-corrected chi connectivity index (χ0v) is 20.0. The van der Waals surface area contributed by atoms with Crippen molar-refractivity contribution in [3.63, 3.8) is 0 Å². The van der Waals surface area contributed by atoms with Crippen molar-refractivity contribution in [2.24, 2.45) is 5.10 Å². The van der Waals surface area contributed by atoms with Crippen LogP contribution in [-0.4, -0.2) is 20.7 Å². The van der Waals surface area contributed by atoms with Crippen molar-refractivity contribution in [3.8, 4) is 0 Å². The molecule has 0 aliphatic carbocycles. The minimum atomic E-state index is 0.00163. The Bertz CT molecular complexity index is 1700. The lowest BCUT2D eigenvalue weighted by Crippen LogP contribution is -2.18. The van der Waals surface area contributed by atoms with Crippen LogP contribution in [0.2, 0.25) is 5.02 Å². The molecule has 7 rings (SSSR count). The average molecular weight is 492 g/mol. The first-order valence-corrected chi connectivity index (χ1v) is 12.6. The van der Waals surface area contributed by atoms with E-state index < -0.39 is 0 Å². The van der Waals surface area contributed by atoms with E-state index in [0.717, 1.165) is 38.7 Å². The first-order chi connectivity index (χ1) is 17.2. The number of hydrazone groups is 1. The van der Waals surface area contributed by atoms with E-state index in [-0.39, 0.29) is 6.04 Å². The van der Waals surface area contributed by atoms with E-state index >= 15 is 0 Å². The van der Waals surface area contributed by atoms with Crippen LogP contribution in [0.4, 0.5) is 5.13 Å². The van der Waals surface area contributed by atoms with E-state index in [1.165, 1.54) is 27.7 Å². The maximum absolute atomic E-state index is 6.15. The number of para-hydroxylation sites is 2. The Morgan fingerprint density at radius 2 is 1.51 bits per heavy atom. The Balaban J connectivity index is 1.40. The number of anilines is 1. The van der Waals surface area contributed by atoms with Crippen molar-refractivity contribution in [2.45, 2.75) is 12.5 Å². The zero-order valence-electron chi connectivity index (χ0n) is 18.5. The van der Waals surface area contributed by atoms with Crippen LogP contribution in [0, 0.1) is 0 Å². The highest BCUT2D eigenvalue weighted by Crippen LogP contribution is 2.41. The molecule has 168 valence electrons. The van der Waals surface area contributed by atoms with E-state index in [2.05, 4.69) is 42.5 Å². The van der Waals surface area contributed by atoms with Gasteiger partial charge in [0, 0.05) is 11.4 Å². The predicted octanol–water partition coefficient (Wildman–Crippen LogP) is 7.40. The van der Waals surface area contributed by atoms with Gasteiger partial charge in [0.05, 0.1) is 22.8 Å². The Hall–Kier alpha value is -3.87. The van der Waals surface area contributed by atoms with E-state index in [1.807, 2.05) is 53.5 Å². The Morgan fingerprint density at radius 3 is 2.37 bits per heavy atom. The number of aromatic nitrogens is 3. The minimum absolute atomic E-state index is 0.00163. The third kappa shape index (κ3) is 3.53. The van der Waals surface area contributed by atoms with Gasteiger partial charge in [-0.05, 0) is 46.2 Å². The van der Waals surface area contributed by atoms with Gasteiger partial charge in [0.25, 0.3) is 0 Å². The van der Waals surface area contributed by atoms with Gasteiger partial charge in [-0.15, -0.1) is 0 Å². The van der Waals surface area contributed by atoms with E-state index in [9.17, 15) is 0 Å². The first-order valence-electron chi connectivity index (χ1n) is 11.4. The molecule has 1 unspecified atom stereocenters. The smallest absolute Gasteiger partial charge is 0.210 e. The summed E-state index contributed by atoms with van der Waals surface area (Å²) in [6, 6.07) is 30.7. The molecule has 0 radical (unpaired) electrons. The second-order valence-corrected chi connectivity index (χ2v) is 9.92. The lowest BCUT2D eigenvalue weighted by Gasteiger charge is -2.22. The molecule has 0 fully saturated rings.